The predicted octanol–water partition coefficient (Wildman–Crippen LogP) is 3.45. The molecular formula is C14H17ClN2O3S. The van der Waals surface area contributed by atoms with Crippen LogP contribution in [-0.4, -0.2) is 34.7 Å². The molecule has 2 amide bonds. The largest absolute Gasteiger partial charge is 0.478 e. The molecule has 1 saturated carbocycles. The molecule has 114 valence electrons. The molecule has 0 saturated heterocycles. The average Bonchev–Trinajstić information content (AvgIpc) is 2.37. The molecule has 1 aliphatic rings. The van der Waals surface area contributed by atoms with Gasteiger partial charge in [-0.25, -0.2) is 9.59 Å². The number of amides is 2. The third-order valence-corrected chi connectivity index (χ3v) is 5.48. The minimum atomic E-state index is -1.17. The fourth-order valence-electron chi connectivity index (χ4n) is 2.28. The number of thioether (sulfide) groups is 1. The van der Waals surface area contributed by atoms with Gasteiger partial charge in [-0.15, -0.1) is 0 Å². The van der Waals surface area contributed by atoms with Crippen molar-refractivity contribution in [3.63, 3.8) is 0 Å². The van der Waals surface area contributed by atoms with E-state index in [-0.39, 0.29) is 21.0 Å². The zero-order chi connectivity index (χ0) is 15.5. The number of hydrogen-bond acceptors (Lipinski definition) is 3. The van der Waals surface area contributed by atoms with E-state index >= 15 is 0 Å². The maximum Gasteiger partial charge on any atom is 0.339 e. The van der Waals surface area contributed by atoms with Crippen LogP contribution in [0.4, 0.5) is 10.5 Å². The Morgan fingerprint density at radius 3 is 2.67 bits per heavy atom. The third kappa shape index (κ3) is 3.63. The zero-order valence-corrected chi connectivity index (χ0v) is 13.2. The van der Waals surface area contributed by atoms with Crippen LogP contribution in [0.25, 0.3) is 0 Å². The summed E-state index contributed by atoms with van der Waals surface area (Å²) < 4.78 is 0.126. The van der Waals surface area contributed by atoms with Crippen molar-refractivity contribution in [2.75, 3.05) is 18.1 Å². The van der Waals surface area contributed by atoms with Crippen molar-refractivity contribution >= 4 is 41.1 Å². The fraction of sp³-hybridized carbons (Fsp3) is 0.429. The first-order valence-corrected chi connectivity index (χ1v) is 8.19. The summed E-state index contributed by atoms with van der Waals surface area (Å²) in [6, 6.07) is 4.17. The number of urea groups is 1. The number of anilines is 1. The number of hydrogen-bond donors (Lipinski definition) is 3. The lowest BCUT2D eigenvalue weighted by Gasteiger charge is -2.40. The van der Waals surface area contributed by atoms with E-state index in [1.807, 2.05) is 6.26 Å². The van der Waals surface area contributed by atoms with Crippen molar-refractivity contribution in [1.29, 1.82) is 0 Å². The molecule has 1 fully saturated rings. The van der Waals surface area contributed by atoms with Gasteiger partial charge < -0.3 is 15.7 Å². The lowest BCUT2D eigenvalue weighted by molar-refractivity contribution is 0.0698. The molecule has 0 radical (unpaired) electrons. The van der Waals surface area contributed by atoms with Gasteiger partial charge in [-0.2, -0.15) is 11.8 Å². The maximum absolute atomic E-state index is 11.9. The van der Waals surface area contributed by atoms with Crippen LogP contribution in [0.3, 0.4) is 0 Å². The van der Waals surface area contributed by atoms with E-state index < -0.39 is 12.0 Å². The summed E-state index contributed by atoms with van der Waals surface area (Å²) in [6.07, 6.45) is 5.40. The molecule has 0 atom stereocenters. The van der Waals surface area contributed by atoms with Crippen LogP contribution in [0.1, 0.15) is 29.6 Å². The van der Waals surface area contributed by atoms with E-state index in [0.29, 0.717) is 6.54 Å². The Balaban J connectivity index is 2.00. The highest BCUT2D eigenvalue weighted by atomic mass is 35.5. The molecule has 1 aromatic rings. The van der Waals surface area contributed by atoms with Gasteiger partial charge in [0.05, 0.1) is 10.7 Å². The first kappa shape index (κ1) is 16.0. The van der Waals surface area contributed by atoms with Gasteiger partial charge in [0.25, 0.3) is 0 Å². The summed E-state index contributed by atoms with van der Waals surface area (Å²) in [6.45, 7) is 0.572. The molecular weight excluding hydrogens is 312 g/mol. The second-order valence-corrected chi connectivity index (χ2v) is 6.70. The summed E-state index contributed by atoms with van der Waals surface area (Å²) in [5.41, 5.74) is 0.0943. The smallest absolute Gasteiger partial charge is 0.339 e. The molecule has 0 unspecified atom stereocenters. The molecule has 5 nitrogen and oxygen atoms in total. The molecule has 0 heterocycles. The second kappa shape index (κ2) is 6.58. The Morgan fingerprint density at radius 2 is 2.14 bits per heavy atom. The first-order valence-electron chi connectivity index (χ1n) is 6.59. The van der Waals surface area contributed by atoms with E-state index in [4.69, 9.17) is 16.7 Å². The zero-order valence-electron chi connectivity index (χ0n) is 11.6. The van der Waals surface area contributed by atoms with Crippen molar-refractivity contribution in [2.45, 2.75) is 24.0 Å². The van der Waals surface area contributed by atoms with E-state index in [0.717, 1.165) is 12.8 Å². The SMILES string of the molecule is CSC1(CNC(=O)Nc2cccc(Cl)c2C(=O)O)CCC1. The number of carbonyl (C=O) groups excluding carboxylic acids is 1. The van der Waals surface area contributed by atoms with Gasteiger partial charge in [0.2, 0.25) is 0 Å². The molecule has 0 spiro atoms. The summed E-state index contributed by atoms with van der Waals surface area (Å²) in [4.78, 5) is 23.1. The summed E-state index contributed by atoms with van der Waals surface area (Å²) in [7, 11) is 0. The van der Waals surface area contributed by atoms with Gasteiger partial charge in [-0.3, -0.25) is 0 Å². The van der Waals surface area contributed by atoms with Gasteiger partial charge in [-0.1, -0.05) is 24.1 Å². The van der Waals surface area contributed by atoms with Crippen molar-refractivity contribution in [3.05, 3.63) is 28.8 Å². The Morgan fingerprint density at radius 1 is 1.43 bits per heavy atom. The minimum absolute atomic E-state index is 0.0971. The lowest BCUT2D eigenvalue weighted by Crippen LogP contribution is -2.46. The monoisotopic (exact) mass is 328 g/mol. The number of nitrogens with one attached hydrogen (secondary N) is 2. The Hall–Kier alpha value is -1.40. The maximum atomic E-state index is 11.9. The van der Waals surface area contributed by atoms with Crippen molar-refractivity contribution < 1.29 is 14.7 Å². The summed E-state index contributed by atoms with van der Waals surface area (Å²) in [5, 5.41) is 14.6. The van der Waals surface area contributed by atoms with Gasteiger partial charge in [0, 0.05) is 11.3 Å². The predicted molar refractivity (Wildman–Crippen MR) is 85.5 cm³/mol. The van der Waals surface area contributed by atoms with Crippen molar-refractivity contribution in [1.82, 2.24) is 5.32 Å². The lowest BCUT2D eigenvalue weighted by atomic mass is 9.84. The normalized spacial score (nSPS) is 15.9. The van der Waals surface area contributed by atoms with Gasteiger partial charge >= 0.3 is 12.0 Å². The van der Waals surface area contributed by atoms with Gasteiger partial charge in [0.15, 0.2) is 0 Å². The number of benzene rings is 1. The number of carbonyl (C=O) groups is 2. The van der Waals surface area contributed by atoms with E-state index in [1.165, 1.54) is 18.6 Å². The van der Waals surface area contributed by atoms with Crippen LogP contribution in [0, 0.1) is 0 Å². The first-order chi connectivity index (χ1) is 9.97. The number of rotatable bonds is 5. The second-order valence-electron chi connectivity index (χ2n) is 5.02. The minimum Gasteiger partial charge on any atom is -0.478 e. The van der Waals surface area contributed by atoms with Crippen LogP contribution in [0.2, 0.25) is 5.02 Å². The molecule has 2 rings (SSSR count). The standard InChI is InChI=1S/C14H17ClN2O3S/c1-21-14(6-3-7-14)8-16-13(20)17-10-5-2-4-9(15)11(10)12(18)19/h2,4-5H,3,6-8H2,1H3,(H,18,19)(H2,16,17,20). The Kier molecular flexibility index (Phi) is 5.00. The van der Waals surface area contributed by atoms with Crippen molar-refractivity contribution in [2.24, 2.45) is 0 Å². The molecule has 3 N–H and O–H groups in total. The summed E-state index contributed by atoms with van der Waals surface area (Å²) >= 11 is 7.62. The molecule has 1 aromatic carbocycles. The fourth-order valence-corrected chi connectivity index (χ4v) is 3.45. The van der Waals surface area contributed by atoms with Crippen LogP contribution < -0.4 is 10.6 Å². The molecule has 0 aromatic heterocycles. The number of halogens is 1. The third-order valence-electron chi connectivity index (χ3n) is 3.74. The molecule has 1 aliphatic carbocycles. The molecule has 0 aliphatic heterocycles. The number of carboxylic acids is 1. The highest BCUT2D eigenvalue weighted by Gasteiger charge is 2.36. The van der Waals surface area contributed by atoms with Gasteiger partial charge in [0.1, 0.15) is 5.56 Å². The highest BCUT2D eigenvalue weighted by Crippen LogP contribution is 2.42. The highest BCUT2D eigenvalue weighted by molar-refractivity contribution is 8.00. The average molecular weight is 329 g/mol. The molecule has 21 heavy (non-hydrogen) atoms. The summed E-state index contributed by atoms with van der Waals surface area (Å²) in [5.74, 6) is -1.17. The Bertz CT molecular complexity index is 556. The van der Waals surface area contributed by atoms with Gasteiger partial charge in [-0.05, 0) is 31.2 Å². The molecule has 0 bridgehead atoms. The van der Waals surface area contributed by atoms with Crippen molar-refractivity contribution in [3.8, 4) is 0 Å². The number of carboxylic acid groups (broad SMARTS) is 1. The van der Waals surface area contributed by atoms with Crippen LogP contribution in [0.5, 0.6) is 0 Å². The molecule has 7 heteroatoms. The van der Waals surface area contributed by atoms with Crippen LogP contribution in [0.15, 0.2) is 18.2 Å². The quantitative estimate of drug-likeness (QED) is 0.773. The number of aromatic carboxylic acids is 1. The van der Waals surface area contributed by atoms with Crippen LogP contribution >= 0.6 is 23.4 Å². The van der Waals surface area contributed by atoms with E-state index in [1.54, 1.807) is 17.8 Å². The van der Waals surface area contributed by atoms with E-state index in [2.05, 4.69) is 10.6 Å². The van der Waals surface area contributed by atoms with E-state index in [9.17, 15) is 9.59 Å². The Labute approximate surface area is 132 Å². The van der Waals surface area contributed by atoms with Crippen LogP contribution in [-0.2, 0) is 0 Å². The topological polar surface area (TPSA) is 78.4 Å².